The largest absolute Gasteiger partial charge is 0.497 e. The van der Waals surface area contributed by atoms with Gasteiger partial charge in [0, 0.05) is 38.3 Å². The number of piperazine rings is 1. The fourth-order valence-electron chi connectivity index (χ4n) is 5.35. The first-order valence-corrected chi connectivity index (χ1v) is 12.4. The molecule has 2 aromatic carbocycles. The van der Waals surface area contributed by atoms with Crippen LogP contribution < -0.4 is 15.2 Å². The Labute approximate surface area is 205 Å². The average molecular weight is 477 g/mol. The van der Waals surface area contributed by atoms with E-state index in [9.17, 15) is 9.59 Å². The molecule has 2 fully saturated rings. The van der Waals surface area contributed by atoms with Crippen molar-refractivity contribution in [1.29, 1.82) is 0 Å². The lowest BCUT2D eigenvalue weighted by molar-refractivity contribution is 0.0601. The second kappa shape index (κ2) is 10.1. The van der Waals surface area contributed by atoms with E-state index in [1.54, 1.807) is 29.9 Å². The van der Waals surface area contributed by atoms with Crippen LogP contribution in [0.5, 0.6) is 5.75 Å². The number of carbonyl (C=O) groups excluding carboxylic acids is 1. The first-order valence-electron chi connectivity index (χ1n) is 12.4. The molecule has 1 saturated heterocycles. The van der Waals surface area contributed by atoms with Gasteiger partial charge in [-0.2, -0.15) is 0 Å². The van der Waals surface area contributed by atoms with E-state index in [0.717, 1.165) is 26.2 Å². The maximum atomic E-state index is 13.8. The lowest BCUT2D eigenvalue weighted by atomic mass is 9.94. The van der Waals surface area contributed by atoms with Crippen LogP contribution in [-0.2, 0) is 4.74 Å². The number of fused-ring (bicyclic) bond motifs is 1. The minimum absolute atomic E-state index is 0.177. The van der Waals surface area contributed by atoms with Gasteiger partial charge < -0.3 is 14.4 Å². The predicted octanol–water partition coefficient (Wildman–Crippen LogP) is 3.64. The first kappa shape index (κ1) is 23.4. The number of nitrogens with zero attached hydrogens (tertiary/aromatic N) is 4. The number of methoxy groups -OCH3 is 2. The zero-order chi connectivity index (χ0) is 24.4. The van der Waals surface area contributed by atoms with Crippen LogP contribution in [0.4, 0.5) is 5.95 Å². The SMILES string of the molecule is COC(=O)c1ccc2c(=O)n(-c3cccc(OC)c3)c(N3CCN(C4CCCCC4)CC3)nc2c1. The number of ether oxygens (including phenoxy) is 2. The summed E-state index contributed by atoms with van der Waals surface area (Å²) in [4.78, 5) is 35.6. The summed E-state index contributed by atoms with van der Waals surface area (Å²) in [5.74, 6) is 0.804. The summed E-state index contributed by atoms with van der Waals surface area (Å²) in [6.07, 6.45) is 6.53. The highest BCUT2D eigenvalue weighted by Gasteiger charge is 2.28. The minimum Gasteiger partial charge on any atom is -0.497 e. The smallest absolute Gasteiger partial charge is 0.337 e. The molecule has 1 aliphatic heterocycles. The van der Waals surface area contributed by atoms with Crippen molar-refractivity contribution < 1.29 is 14.3 Å². The molecular weight excluding hydrogens is 444 g/mol. The number of benzene rings is 2. The Morgan fingerprint density at radius 3 is 2.46 bits per heavy atom. The molecule has 0 atom stereocenters. The van der Waals surface area contributed by atoms with Gasteiger partial charge in [-0.3, -0.25) is 9.69 Å². The number of carbonyl (C=O) groups is 1. The Bertz CT molecular complexity index is 1270. The van der Waals surface area contributed by atoms with Gasteiger partial charge in [0.15, 0.2) is 0 Å². The van der Waals surface area contributed by atoms with Crippen LogP contribution in [-0.4, -0.2) is 66.9 Å². The molecule has 0 unspecified atom stereocenters. The third-order valence-electron chi connectivity index (χ3n) is 7.27. The van der Waals surface area contributed by atoms with Crippen molar-refractivity contribution in [2.45, 2.75) is 38.1 Å². The Morgan fingerprint density at radius 2 is 1.74 bits per heavy atom. The highest BCUT2D eigenvalue weighted by atomic mass is 16.5. The Hall–Kier alpha value is -3.39. The number of anilines is 1. The summed E-state index contributed by atoms with van der Waals surface area (Å²) in [7, 11) is 2.96. The average Bonchev–Trinajstić information content (AvgIpc) is 2.92. The lowest BCUT2D eigenvalue weighted by Gasteiger charge is -2.41. The van der Waals surface area contributed by atoms with Crippen molar-refractivity contribution in [3.8, 4) is 11.4 Å². The van der Waals surface area contributed by atoms with E-state index < -0.39 is 5.97 Å². The first-order chi connectivity index (χ1) is 17.1. The molecule has 35 heavy (non-hydrogen) atoms. The van der Waals surface area contributed by atoms with Gasteiger partial charge in [-0.1, -0.05) is 25.3 Å². The van der Waals surface area contributed by atoms with Gasteiger partial charge in [0.25, 0.3) is 5.56 Å². The van der Waals surface area contributed by atoms with Gasteiger partial charge in [-0.15, -0.1) is 0 Å². The molecule has 1 saturated carbocycles. The summed E-state index contributed by atoms with van der Waals surface area (Å²) in [6, 6.07) is 13.0. The van der Waals surface area contributed by atoms with Crippen LogP contribution in [0, 0.1) is 0 Å². The van der Waals surface area contributed by atoms with Crippen molar-refractivity contribution in [2.24, 2.45) is 0 Å². The second-order valence-electron chi connectivity index (χ2n) is 9.29. The number of aromatic nitrogens is 2. The molecule has 0 spiro atoms. The van der Waals surface area contributed by atoms with E-state index in [0.29, 0.717) is 39.9 Å². The summed E-state index contributed by atoms with van der Waals surface area (Å²) >= 11 is 0. The van der Waals surface area contributed by atoms with Crippen LogP contribution in [0.15, 0.2) is 47.3 Å². The molecule has 0 radical (unpaired) electrons. The van der Waals surface area contributed by atoms with Crippen LogP contribution in [0.2, 0.25) is 0 Å². The van der Waals surface area contributed by atoms with E-state index in [-0.39, 0.29) is 5.56 Å². The van der Waals surface area contributed by atoms with Gasteiger partial charge in [0.1, 0.15) is 5.75 Å². The summed E-state index contributed by atoms with van der Waals surface area (Å²) in [5, 5.41) is 0.449. The molecule has 184 valence electrons. The molecular formula is C27H32N4O4. The van der Waals surface area contributed by atoms with Crippen molar-refractivity contribution in [3.63, 3.8) is 0 Å². The number of rotatable bonds is 5. The Morgan fingerprint density at radius 1 is 0.971 bits per heavy atom. The molecule has 3 aromatic rings. The summed E-state index contributed by atoms with van der Waals surface area (Å²) in [5.41, 5.74) is 1.38. The van der Waals surface area contributed by atoms with E-state index in [1.165, 1.54) is 39.2 Å². The van der Waals surface area contributed by atoms with Gasteiger partial charge in [-0.05, 0) is 43.2 Å². The Kier molecular flexibility index (Phi) is 6.72. The fraction of sp³-hybridized carbons (Fsp3) is 0.444. The minimum atomic E-state index is -0.451. The molecule has 0 bridgehead atoms. The van der Waals surface area contributed by atoms with Crippen molar-refractivity contribution in [1.82, 2.24) is 14.5 Å². The highest BCUT2D eigenvalue weighted by molar-refractivity contribution is 5.94. The second-order valence-corrected chi connectivity index (χ2v) is 9.29. The summed E-state index contributed by atoms with van der Waals surface area (Å²) < 4.78 is 12.0. The van der Waals surface area contributed by atoms with Crippen LogP contribution in [0.3, 0.4) is 0 Å². The van der Waals surface area contributed by atoms with Crippen LogP contribution >= 0.6 is 0 Å². The van der Waals surface area contributed by atoms with Crippen LogP contribution in [0.1, 0.15) is 42.5 Å². The standard InChI is InChI=1S/C27H32N4O4/c1-34-22-10-6-9-21(18-22)31-25(32)23-12-11-19(26(33)35-2)17-24(23)28-27(31)30-15-13-29(14-16-30)20-7-4-3-5-8-20/h6,9-12,17-18,20H,3-5,7-8,13-16H2,1-2H3. The Balaban J connectivity index is 1.57. The maximum Gasteiger partial charge on any atom is 0.337 e. The molecule has 8 heteroatoms. The molecule has 1 aliphatic carbocycles. The summed E-state index contributed by atoms with van der Waals surface area (Å²) in [6.45, 7) is 3.46. The van der Waals surface area contributed by atoms with Gasteiger partial charge in [0.05, 0.1) is 36.4 Å². The van der Waals surface area contributed by atoms with Crippen molar-refractivity contribution in [3.05, 3.63) is 58.4 Å². The number of hydrogen-bond acceptors (Lipinski definition) is 7. The van der Waals surface area contributed by atoms with Crippen molar-refractivity contribution in [2.75, 3.05) is 45.3 Å². The third-order valence-corrected chi connectivity index (χ3v) is 7.27. The molecule has 1 aromatic heterocycles. The third kappa shape index (κ3) is 4.62. The molecule has 5 rings (SSSR count). The molecule has 0 amide bonds. The van der Waals surface area contributed by atoms with E-state index in [4.69, 9.17) is 14.5 Å². The van der Waals surface area contributed by atoms with Crippen LogP contribution in [0.25, 0.3) is 16.6 Å². The highest BCUT2D eigenvalue weighted by Crippen LogP contribution is 2.27. The fourth-order valence-corrected chi connectivity index (χ4v) is 5.35. The van der Waals surface area contributed by atoms with E-state index in [2.05, 4.69) is 9.80 Å². The van der Waals surface area contributed by atoms with Crippen molar-refractivity contribution >= 4 is 22.8 Å². The maximum absolute atomic E-state index is 13.8. The predicted molar refractivity (Wildman–Crippen MR) is 136 cm³/mol. The number of hydrogen-bond donors (Lipinski definition) is 0. The van der Waals surface area contributed by atoms with Gasteiger partial charge in [-0.25, -0.2) is 14.3 Å². The molecule has 2 aliphatic rings. The van der Waals surface area contributed by atoms with E-state index in [1.807, 2.05) is 24.3 Å². The lowest BCUT2D eigenvalue weighted by Crippen LogP contribution is -2.52. The van der Waals surface area contributed by atoms with Gasteiger partial charge >= 0.3 is 5.97 Å². The van der Waals surface area contributed by atoms with Gasteiger partial charge in [0.2, 0.25) is 5.95 Å². The number of esters is 1. The molecule has 2 heterocycles. The quantitative estimate of drug-likeness (QED) is 0.521. The molecule has 8 nitrogen and oxygen atoms in total. The normalized spacial score (nSPS) is 17.5. The van der Waals surface area contributed by atoms with E-state index >= 15 is 0 Å². The topological polar surface area (TPSA) is 76.9 Å². The zero-order valence-corrected chi connectivity index (χ0v) is 20.4. The zero-order valence-electron chi connectivity index (χ0n) is 20.4. The monoisotopic (exact) mass is 476 g/mol. The molecule has 0 N–H and O–H groups in total.